The molecular weight excluding hydrogens is 252 g/mol. The van der Waals surface area contributed by atoms with E-state index in [2.05, 4.69) is 0 Å². The van der Waals surface area contributed by atoms with Crippen LogP contribution in [0.1, 0.15) is 42.3 Å². The number of carbonyl (C=O) groups excluding carboxylic acids is 1. The molecule has 0 unspecified atom stereocenters. The number of nitro groups is 1. The molecule has 1 aromatic heterocycles. The summed E-state index contributed by atoms with van der Waals surface area (Å²) in [6.45, 7) is 2.62. The van der Waals surface area contributed by atoms with Gasteiger partial charge < -0.3 is 4.90 Å². The van der Waals surface area contributed by atoms with Crippen molar-refractivity contribution in [1.82, 2.24) is 4.90 Å². The van der Waals surface area contributed by atoms with Crippen molar-refractivity contribution in [3.8, 4) is 0 Å². The number of rotatable bonds is 4. The Balaban J connectivity index is 2.14. The van der Waals surface area contributed by atoms with Gasteiger partial charge in [-0.2, -0.15) is 0 Å². The number of hydrogen-bond acceptors (Lipinski definition) is 4. The highest BCUT2D eigenvalue weighted by molar-refractivity contribution is 7.17. The molecule has 0 radical (unpaired) electrons. The van der Waals surface area contributed by atoms with Gasteiger partial charge in [0.25, 0.3) is 5.91 Å². The topological polar surface area (TPSA) is 63.5 Å². The van der Waals surface area contributed by atoms with Crippen LogP contribution in [0.2, 0.25) is 0 Å². The lowest BCUT2D eigenvalue weighted by atomic mass is 10.2. The molecule has 1 aliphatic carbocycles. The Morgan fingerprint density at radius 3 is 2.67 bits per heavy atom. The minimum atomic E-state index is -0.451. The van der Waals surface area contributed by atoms with Gasteiger partial charge in [-0.25, -0.2) is 0 Å². The lowest BCUT2D eigenvalue weighted by Crippen LogP contribution is -2.38. The van der Waals surface area contributed by atoms with Gasteiger partial charge in [0, 0.05) is 18.7 Å². The van der Waals surface area contributed by atoms with E-state index in [0.29, 0.717) is 17.5 Å². The molecule has 1 aliphatic rings. The van der Waals surface area contributed by atoms with Crippen LogP contribution in [0, 0.1) is 10.1 Å². The first-order chi connectivity index (χ1) is 8.63. The lowest BCUT2D eigenvalue weighted by molar-refractivity contribution is -0.380. The van der Waals surface area contributed by atoms with Crippen molar-refractivity contribution < 1.29 is 9.72 Å². The van der Waals surface area contributed by atoms with Gasteiger partial charge >= 0.3 is 5.00 Å². The molecule has 0 aliphatic heterocycles. The normalized spacial score (nSPS) is 15.8. The summed E-state index contributed by atoms with van der Waals surface area (Å²) in [4.78, 5) is 24.8. The lowest BCUT2D eigenvalue weighted by Gasteiger charge is -2.27. The number of nitrogens with zero attached hydrogens (tertiary/aromatic N) is 2. The van der Waals surface area contributed by atoms with Crippen molar-refractivity contribution in [2.75, 3.05) is 6.54 Å². The second-order valence-electron chi connectivity index (χ2n) is 4.42. The van der Waals surface area contributed by atoms with Crippen LogP contribution >= 0.6 is 11.3 Å². The maximum Gasteiger partial charge on any atom is 0.324 e. The van der Waals surface area contributed by atoms with Gasteiger partial charge in [0.05, 0.1) is 9.80 Å². The molecule has 0 N–H and O–H groups in total. The molecule has 1 heterocycles. The zero-order chi connectivity index (χ0) is 13.1. The summed E-state index contributed by atoms with van der Waals surface area (Å²) in [5.41, 5.74) is 0. The minimum absolute atomic E-state index is 0.0285. The Hall–Kier alpha value is -1.43. The van der Waals surface area contributed by atoms with E-state index in [1.165, 1.54) is 18.9 Å². The van der Waals surface area contributed by atoms with E-state index >= 15 is 0 Å². The molecule has 1 amide bonds. The second kappa shape index (κ2) is 5.48. The summed E-state index contributed by atoms with van der Waals surface area (Å²) in [5.74, 6) is -0.0671. The molecule has 1 aromatic rings. The van der Waals surface area contributed by atoms with E-state index in [-0.39, 0.29) is 10.9 Å². The van der Waals surface area contributed by atoms with Gasteiger partial charge in [-0.3, -0.25) is 14.9 Å². The largest absolute Gasteiger partial charge is 0.335 e. The molecule has 0 atom stereocenters. The molecule has 2 rings (SSSR count). The van der Waals surface area contributed by atoms with Gasteiger partial charge in [0.1, 0.15) is 0 Å². The van der Waals surface area contributed by atoms with Crippen LogP contribution < -0.4 is 0 Å². The molecule has 98 valence electrons. The van der Waals surface area contributed by atoms with Gasteiger partial charge in [0.2, 0.25) is 0 Å². The molecule has 18 heavy (non-hydrogen) atoms. The standard InChI is InChI=1S/C12H16N2O3S/c1-2-13(9-5-3-4-6-9)12(15)10-7-8-11(18-10)14(16)17/h7-9H,2-6H2,1H3. The van der Waals surface area contributed by atoms with Crippen molar-refractivity contribution in [3.63, 3.8) is 0 Å². The molecule has 1 fully saturated rings. The number of carbonyl (C=O) groups is 1. The van der Waals surface area contributed by atoms with E-state index in [9.17, 15) is 14.9 Å². The first kappa shape index (κ1) is 13.0. The highest BCUT2D eigenvalue weighted by atomic mass is 32.1. The van der Waals surface area contributed by atoms with Crippen LogP contribution in [-0.2, 0) is 0 Å². The Morgan fingerprint density at radius 1 is 1.50 bits per heavy atom. The zero-order valence-electron chi connectivity index (χ0n) is 10.3. The summed E-state index contributed by atoms with van der Waals surface area (Å²) in [6.07, 6.45) is 4.43. The fourth-order valence-electron chi connectivity index (χ4n) is 2.47. The fourth-order valence-corrected chi connectivity index (χ4v) is 3.24. The monoisotopic (exact) mass is 268 g/mol. The summed E-state index contributed by atoms with van der Waals surface area (Å²) in [7, 11) is 0. The van der Waals surface area contributed by atoms with Crippen LogP contribution in [-0.4, -0.2) is 28.3 Å². The first-order valence-corrected chi connectivity index (χ1v) is 7.00. The number of amides is 1. The Kier molecular flexibility index (Phi) is 3.96. The van der Waals surface area contributed by atoms with Gasteiger partial charge in [-0.05, 0) is 25.8 Å². The SMILES string of the molecule is CCN(C(=O)c1ccc([N+](=O)[O-])s1)C1CCCC1. The smallest absolute Gasteiger partial charge is 0.324 e. The van der Waals surface area contributed by atoms with Crippen molar-refractivity contribution >= 4 is 22.2 Å². The van der Waals surface area contributed by atoms with Crippen LogP contribution in [0.25, 0.3) is 0 Å². The molecule has 0 spiro atoms. The number of hydrogen-bond donors (Lipinski definition) is 0. The van der Waals surface area contributed by atoms with E-state index < -0.39 is 4.92 Å². The van der Waals surface area contributed by atoms with Gasteiger partial charge in [-0.15, -0.1) is 0 Å². The summed E-state index contributed by atoms with van der Waals surface area (Å²) >= 11 is 0.961. The molecule has 0 saturated heterocycles. The Bertz CT molecular complexity index is 452. The molecule has 5 nitrogen and oxygen atoms in total. The highest BCUT2D eigenvalue weighted by Gasteiger charge is 2.27. The third-order valence-electron chi connectivity index (χ3n) is 3.35. The summed E-state index contributed by atoms with van der Waals surface area (Å²) < 4.78 is 0. The first-order valence-electron chi connectivity index (χ1n) is 6.18. The van der Waals surface area contributed by atoms with Crippen LogP contribution in [0.5, 0.6) is 0 Å². The second-order valence-corrected chi connectivity index (χ2v) is 5.49. The molecular formula is C12H16N2O3S. The van der Waals surface area contributed by atoms with E-state index in [1.54, 1.807) is 6.07 Å². The van der Waals surface area contributed by atoms with Crippen molar-refractivity contribution in [1.29, 1.82) is 0 Å². The Morgan fingerprint density at radius 2 is 2.17 bits per heavy atom. The number of thiophene rings is 1. The molecule has 0 aromatic carbocycles. The third-order valence-corrected chi connectivity index (χ3v) is 4.37. The van der Waals surface area contributed by atoms with Crippen LogP contribution in [0.4, 0.5) is 5.00 Å². The highest BCUT2D eigenvalue weighted by Crippen LogP contribution is 2.29. The zero-order valence-corrected chi connectivity index (χ0v) is 11.1. The quantitative estimate of drug-likeness (QED) is 0.622. The average molecular weight is 268 g/mol. The molecule has 1 saturated carbocycles. The predicted octanol–water partition coefficient (Wildman–Crippen LogP) is 3.06. The maximum absolute atomic E-state index is 12.3. The minimum Gasteiger partial charge on any atom is -0.335 e. The van der Waals surface area contributed by atoms with Crippen molar-refractivity contribution in [2.24, 2.45) is 0 Å². The maximum atomic E-state index is 12.3. The van der Waals surface area contributed by atoms with Gasteiger partial charge in [0.15, 0.2) is 0 Å². The van der Waals surface area contributed by atoms with E-state index in [4.69, 9.17) is 0 Å². The summed E-state index contributed by atoms with van der Waals surface area (Å²) in [6, 6.07) is 3.27. The Labute approximate surface area is 110 Å². The van der Waals surface area contributed by atoms with E-state index in [1.807, 2.05) is 11.8 Å². The van der Waals surface area contributed by atoms with Gasteiger partial charge in [-0.1, -0.05) is 24.2 Å². The predicted molar refractivity (Wildman–Crippen MR) is 69.9 cm³/mol. The summed E-state index contributed by atoms with van der Waals surface area (Å²) in [5, 5.41) is 10.7. The van der Waals surface area contributed by atoms with Crippen molar-refractivity contribution in [2.45, 2.75) is 38.6 Å². The fraction of sp³-hybridized carbons (Fsp3) is 0.583. The molecule has 0 bridgehead atoms. The van der Waals surface area contributed by atoms with Crippen molar-refractivity contribution in [3.05, 3.63) is 27.1 Å². The average Bonchev–Trinajstić information content (AvgIpc) is 3.01. The van der Waals surface area contributed by atoms with Crippen LogP contribution in [0.15, 0.2) is 12.1 Å². The molecule has 6 heteroatoms. The third kappa shape index (κ3) is 2.53. The van der Waals surface area contributed by atoms with E-state index in [0.717, 1.165) is 24.2 Å². The van der Waals surface area contributed by atoms with Crippen LogP contribution in [0.3, 0.4) is 0 Å².